The Kier molecular flexibility index (Phi) is 5.82. The van der Waals surface area contributed by atoms with Crippen molar-refractivity contribution in [3.63, 3.8) is 0 Å². The van der Waals surface area contributed by atoms with E-state index in [9.17, 15) is 9.59 Å². The van der Waals surface area contributed by atoms with Gasteiger partial charge in [-0.2, -0.15) is 0 Å². The average molecular weight is 392 g/mol. The second-order valence-electron chi connectivity index (χ2n) is 8.92. The van der Waals surface area contributed by atoms with Gasteiger partial charge in [-0.25, -0.2) is 5.01 Å². The van der Waals surface area contributed by atoms with Crippen LogP contribution in [0.15, 0.2) is 30.3 Å². The predicted octanol–water partition coefficient (Wildman–Crippen LogP) is 3.02. The zero-order chi connectivity index (χ0) is 18.3. The highest BCUT2D eigenvalue weighted by atomic mass is 35.5. The number of halogens is 1. The fraction of sp³-hybridized carbons (Fsp3) is 0.619. The van der Waals surface area contributed by atoms with Gasteiger partial charge in [0.2, 0.25) is 0 Å². The van der Waals surface area contributed by atoms with Crippen molar-refractivity contribution in [2.45, 2.75) is 44.6 Å². The molecule has 0 saturated heterocycles. The highest BCUT2D eigenvalue weighted by molar-refractivity contribution is 5.97. The van der Waals surface area contributed by atoms with Crippen molar-refractivity contribution in [3.8, 4) is 0 Å². The van der Waals surface area contributed by atoms with Crippen LogP contribution in [0.1, 0.15) is 48.9 Å². The number of hydrogen-bond donors (Lipinski definition) is 2. The second kappa shape index (κ2) is 7.80. The molecule has 0 radical (unpaired) electrons. The van der Waals surface area contributed by atoms with Crippen molar-refractivity contribution >= 4 is 24.2 Å². The average Bonchev–Trinajstić information content (AvgIpc) is 2.58. The van der Waals surface area contributed by atoms with Crippen LogP contribution in [0.5, 0.6) is 0 Å². The zero-order valence-electron chi connectivity index (χ0n) is 16.1. The third-order valence-corrected chi connectivity index (χ3v) is 6.61. The molecule has 148 valence electrons. The van der Waals surface area contributed by atoms with Crippen LogP contribution < -0.4 is 10.7 Å². The maximum Gasteiger partial charge on any atom is 0.257 e. The van der Waals surface area contributed by atoms with E-state index in [2.05, 4.69) is 10.7 Å². The molecule has 4 aliphatic rings. The summed E-state index contributed by atoms with van der Waals surface area (Å²) in [5.41, 5.74) is 3.43. The molecule has 6 heteroatoms. The Bertz CT molecular complexity index is 657. The number of nitrogens with one attached hydrogen (secondary N) is 2. The molecular weight excluding hydrogens is 362 g/mol. The van der Waals surface area contributed by atoms with Gasteiger partial charge in [0.05, 0.1) is 0 Å². The summed E-state index contributed by atoms with van der Waals surface area (Å²) in [6, 6.07) is 8.74. The quantitative estimate of drug-likeness (QED) is 0.758. The number of carbonyl (C=O) groups is 2. The Balaban J connectivity index is 0.00000210. The summed E-state index contributed by atoms with van der Waals surface area (Å²) in [6.45, 7) is 0. The fourth-order valence-electron chi connectivity index (χ4n) is 6.12. The molecule has 5 rings (SSSR count). The van der Waals surface area contributed by atoms with Crippen LogP contribution in [0.25, 0.3) is 0 Å². The summed E-state index contributed by atoms with van der Waals surface area (Å²) in [4.78, 5) is 25.9. The number of rotatable bonds is 5. The van der Waals surface area contributed by atoms with Crippen LogP contribution >= 0.6 is 12.4 Å². The lowest BCUT2D eigenvalue weighted by atomic mass is 9.47. The van der Waals surface area contributed by atoms with E-state index < -0.39 is 6.04 Å². The molecule has 1 aromatic carbocycles. The highest BCUT2D eigenvalue weighted by Gasteiger charge is 2.56. The highest BCUT2D eigenvalue weighted by Crippen LogP contribution is 2.61. The van der Waals surface area contributed by atoms with Gasteiger partial charge in [-0.15, -0.1) is 12.4 Å². The van der Waals surface area contributed by atoms with Crippen molar-refractivity contribution in [2.75, 3.05) is 14.1 Å². The van der Waals surface area contributed by atoms with Gasteiger partial charge < -0.3 is 5.32 Å². The Morgan fingerprint density at radius 3 is 2.00 bits per heavy atom. The van der Waals surface area contributed by atoms with Crippen LogP contribution in [-0.2, 0) is 4.79 Å². The van der Waals surface area contributed by atoms with Gasteiger partial charge in [0.1, 0.15) is 6.04 Å². The van der Waals surface area contributed by atoms with Crippen molar-refractivity contribution in [1.29, 1.82) is 0 Å². The number of carbonyl (C=O) groups excluding carboxylic acids is 2. The van der Waals surface area contributed by atoms with Crippen LogP contribution in [0.4, 0.5) is 0 Å². The first-order chi connectivity index (χ1) is 12.4. The van der Waals surface area contributed by atoms with Gasteiger partial charge in [0.15, 0.2) is 0 Å². The summed E-state index contributed by atoms with van der Waals surface area (Å²) >= 11 is 0. The van der Waals surface area contributed by atoms with Crippen LogP contribution in [-0.4, -0.2) is 37.0 Å². The first kappa shape index (κ1) is 20.2. The molecule has 4 saturated carbocycles. The second-order valence-corrected chi connectivity index (χ2v) is 8.92. The molecule has 1 atom stereocenters. The SMILES string of the molecule is CN(C)NC(=O)C(NC(=O)c1ccccc1)C12CC3CC(CC(C3)C1)C2.Cl. The molecule has 4 aliphatic carbocycles. The zero-order valence-corrected chi connectivity index (χ0v) is 16.9. The Morgan fingerprint density at radius 1 is 1.00 bits per heavy atom. The first-order valence-corrected chi connectivity index (χ1v) is 9.79. The molecule has 0 heterocycles. The molecule has 2 N–H and O–H groups in total. The minimum atomic E-state index is -0.467. The van der Waals surface area contributed by atoms with Gasteiger partial charge in [-0.05, 0) is 68.4 Å². The third kappa shape index (κ3) is 3.99. The van der Waals surface area contributed by atoms with Gasteiger partial charge in [-0.1, -0.05) is 18.2 Å². The van der Waals surface area contributed by atoms with E-state index in [-0.39, 0.29) is 29.6 Å². The van der Waals surface area contributed by atoms with Gasteiger partial charge >= 0.3 is 0 Å². The standard InChI is InChI=1S/C21H29N3O2.ClH/c1-24(2)23-20(26)18(22-19(25)17-6-4-3-5-7-17)21-11-14-8-15(12-21)10-16(9-14)13-21;/h3-7,14-16,18H,8-13H2,1-2H3,(H,22,25)(H,23,26);1H. The van der Waals surface area contributed by atoms with E-state index in [1.54, 1.807) is 17.1 Å². The third-order valence-electron chi connectivity index (χ3n) is 6.61. The normalized spacial score (nSPS) is 31.9. The fourth-order valence-corrected chi connectivity index (χ4v) is 6.12. The van der Waals surface area contributed by atoms with Crippen molar-refractivity contribution in [2.24, 2.45) is 23.2 Å². The molecule has 4 fully saturated rings. The van der Waals surface area contributed by atoms with E-state index in [1.165, 1.54) is 19.3 Å². The molecule has 4 bridgehead atoms. The van der Waals surface area contributed by atoms with Gasteiger partial charge in [-0.3, -0.25) is 15.0 Å². The van der Waals surface area contributed by atoms with Gasteiger partial charge in [0.25, 0.3) is 11.8 Å². The monoisotopic (exact) mass is 391 g/mol. The summed E-state index contributed by atoms with van der Waals surface area (Å²) in [5.74, 6) is 1.94. The predicted molar refractivity (Wildman–Crippen MR) is 107 cm³/mol. The maximum atomic E-state index is 13.1. The lowest BCUT2D eigenvalue weighted by molar-refractivity contribution is -0.138. The summed E-state index contributed by atoms with van der Waals surface area (Å²) < 4.78 is 0. The molecule has 27 heavy (non-hydrogen) atoms. The van der Waals surface area contributed by atoms with Gasteiger partial charge in [0, 0.05) is 25.1 Å². The summed E-state index contributed by atoms with van der Waals surface area (Å²) in [5, 5.41) is 4.79. The van der Waals surface area contributed by atoms with E-state index in [0.717, 1.165) is 37.0 Å². The number of nitrogens with zero attached hydrogens (tertiary/aromatic N) is 1. The van der Waals surface area contributed by atoms with Crippen LogP contribution in [0.2, 0.25) is 0 Å². The van der Waals surface area contributed by atoms with Crippen molar-refractivity contribution < 1.29 is 9.59 Å². The largest absolute Gasteiger partial charge is 0.340 e. The Labute approximate surface area is 167 Å². The molecule has 1 unspecified atom stereocenters. The minimum absolute atomic E-state index is 0. The lowest BCUT2D eigenvalue weighted by Gasteiger charge is -2.59. The van der Waals surface area contributed by atoms with Crippen LogP contribution in [0.3, 0.4) is 0 Å². The molecule has 0 spiro atoms. The van der Waals surface area contributed by atoms with E-state index in [1.807, 2.05) is 32.3 Å². The molecule has 1 aromatic rings. The lowest BCUT2D eigenvalue weighted by Crippen LogP contribution is -2.63. The maximum absolute atomic E-state index is 13.1. The van der Waals surface area contributed by atoms with Crippen LogP contribution in [0, 0.1) is 23.2 Å². The first-order valence-electron chi connectivity index (χ1n) is 9.79. The Morgan fingerprint density at radius 2 is 1.52 bits per heavy atom. The molecule has 0 aromatic heterocycles. The van der Waals surface area contributed by atoms with E-state index in [0.29, 0.717) is 5.56 Å². The number of benzene rings is 1. The molecule has 5 nitrogen and oxygen atoms in total. The summed E-state index contributed by atoms with van der Waals surface area (Å²) in [7, 11) is 3.63. The summed E-state index contributed by atoms with van der Waals surface area (Å²) in [6.07, 6.45) is 7.15. The topological polar surface area (TPSA) is 61.4 Å². The van der Waals surface area contributed by atoms with E-state index in [4.69, 9.17) is 0 Å². The van der Waals surface area contributed by atoms with Crippen molar-refractivity contribution in [1.82, 2.24) is 15.8 Å². The van der Waals surface area contributed by atoms with Crippen molar-refractivity contribution in [3.05, 3.63) is 35.9 Å². The molecular formula is C21H30ClN3O2. The van der Waals surface area contributed by atoms with E-state index >= 15 is 0 Å². The number of amides is 2. The minimum Gasteiger partial charge on any atom is -0.340 e. The smallest absolute Gasteiger partial charge is 0.257 e. The molecule has 0 aliphatic heterocycles. The number of hydrogen-bond acceptors (Lipinski definition) is 3. The molecule has 2 amide bonds. The Hall–Kier alpha value is -1.59. The number of hydrazine groups is 1.